The first-order valence-corrected chi connectivity index (χ1v) is 12.4. The van der Waals surface area contributed by atoms with Crippen LogP contribution < -0.4 is 0 Å². The summed E-state index contributed by atoms with van der Waals surface area (Å²) in [6.45, 7) is 1.29. The molecule has 4 rings (SSSR count). The van der Waals surface area contributed by atoms with Crippen molar-refractivity contribution in [2.24, 2.45) is 0 Å². The van der Waals surface area contributed by atoms with Crippen molar-refractivity contribution in [2.75, 3.05) is 18.1 Å². The molecule has 2 atom stereocenters. The molecule has 134 valence electrons. The summed E-state index contributed by atoms with van der Waals surface area (Å²) in [5.74, 6) is -0.361. The van der Waals surface area contributed by atoms with E-state index in [2.05, 4.69) is 6.07 Å². The molecule has 0 unspecified atom stereocenters. The molecule has 1 fully saturated rings. The number of nitrogens with zero attached hydrogens (tertiary/aromatic N) is 1. The molecule has 8 heteroatoms. The van der Waals surface area contributed by atoms with Crippen molar-refractivity contribution >= 4 is 31.0 Å². The molecule has 1 aromatic heterocycles. The van der Waals surface area contributed by atoms with E-state index in [0.717, 1.165) is 23.3 Å². The molecule has 2 aliphatic heterocycles. The summed E-state index contributed by atoms with van der Waals surface area (Å²) >= 11 is 1.15. The smallest absolute Gasteiger partial charge is 0.193 e. The van der Waals surface area contributed by atoms with E-state index in [1.807, 2.05) is 23.1 Å². The van der Waals surface area contributed by atoms with Gasteiger partial charge in [0.05, 0.1) is 16.8 Å². The maximum absolute atomic E-state index is 13.0. The molecule has 5 nitrogen and oxygen atoms in total. The van der Waals surface area contributed by atoms with Gasteiger partial charge >= 0.3 is 0 Å². The van der Waals surface area contributed by atoms with Crippen molar-refractivity contribution < 1.29 is 16.8 Å². The first-order chi connectivity index (χ1) is 11.9. The highest BCUT2D eigenvalue weighted by Crippen LogP contribution is 2.33. The van der Waals surface area contributed by atoms with E-state index in [9.17, 15) is 16.8 Å². The third-order valence-corrected chi connectivity index (χ3v) is 10.6. The largest absolute Gasteiger partial charge is 0.293 e. The highest BCUT2D eigenvalue weighted by atomic mass is 32.2. The molecule has 0 bridgehead atoms. The zero-order valence-corrected chi connectivity index (χ0v) is 16.0. The van der Waals surface area contributed by atoms with Crippen LogP contribution in [0.4, 0.5) is 0 Å². The van der Waals surface area contributed by atoms with Gasteiger partial charge in [0.15, 0.2) is 19.7 Å². The number of thiophene rings is 1. The van der Waals surface area contributed by atoms with Crippen LogP contribution in [0.1, 0.15) is 11.1 Å². The third-order valence-electron chi connectivity index (χ3n) is 5.08. The minimum absolute atomic E-state index is 0.0789. The average molecular weight is 398 g/mol. The molecule has 0 N–H and O–H groups in total. The lowest BCUT2D eigenvalue weighted by atomic mass is 9.98. The fourth-order valence-electron chi connectivity index (χ4n) is 3.81. The predicted octanol–water partition coefficient (Wildman–Crippen LogP) is 1.75. The Morgan fingerprint density at radius 1 is 1.04 bits per heavy atom. The number of rotatable bonds is 3. The van der Waals surface area contributed by atoms with Crippen molar-refractivity contribution in [2.45, 2.75) is 28.5 Å². The summed E-state index contributed by atoms with van der Waals surface area (Å²) in [6.07, 6.45) is 0.818. The molecule has 25 heavy (non-hydrogen) atoms. The minimum atomic E-state index is -3.64. The Hall–Kier alpha value is -1.22. The zero-order valence-electron chi connectivity index (χ0n) is 13.5. The number of sulfone groups is 2. The molecular weight excluding hydrogens is 378 g/mol. The van der Waals surface area contributed by atoms with Crippen LogP contribution in [-0.2, 0) is 32.6 Å². The lowest BCUT2D eigenvalue weighted by Gasteiger charge is -2.35. The van der Waals surface area contributed by atoms with Gasteiger partial charge in [0, 0.05) is 19.1 Å². The Labute approximate surface area is 152 Å². The van der Waals surface area contributed by atoms with Gasteiger partial charge in [-0.05, 0) is 29.0 Å². The second-order valence-corrected chi connectivity index (χ2v) is 12.1. The van der Waals surface area contributed by atoms with Crippen LogP contribution in [0.2, 0.25) is 0 Å². The van der Waals surface area contributed by atoms with Gasteiger partial charge in [-0.25, -0.2) is 16.8 Å². The Kier molecular flexibility index (Phi) is 4.26. The maximum atomic E-state index is 13.0. The van der Waals surface area contributed by atoms with E-state index in [4.69, 9.17) is 0 Å². The van der Waals surface area contributed by atoms with Crippen molar-refractivity contribution in [3.05, 3.63) is 52.9 Å². The van der Waals surface area contributed by atoms with Gasteiger partial charge in [0.2, 0.25) is 0 Å². The van der Waals surface area contributed by atoms with Crippen molar-refractivity contribution in [3.63, 3.8) is 0 Å². The summed E-state index contributed by atoms with van der Waals surface area (Å²) in [5.41, 5.74) is 2.42. The standard InChI is InChI=1S/C17H19NO4S3/c19-24(20)11-15(16(12-24)25(21,22)17-6-3-9-23-17)18-8-7-13-4-1-2-5-14(13)10-18/h1-6,9,15-16H,7-8,10-12H2/t15-,16-/m0/s1. The fraction of sp³-hybridized carbons (Fsp3) is 0.412. The summed E-state index contributed by atoms with van der Waals surface area (Å²) in [4.78, 5) is 2.04. The highest BCUT2D eigenvalue weighted by Gasteiger charge is 2.48. The third kappa shape index (κ3) is 3.16. The van der Waals surface area contributed by atoms with E-state index in [0.29, 0.717) is 13.1 Å². The summed E-state index contributed by atoms with van der Waals surface area (Å²) in [6, 6.07) is 10.9. The Balaban J connectivity index is 1.68. The normalized spacial score (nSPS) is 26.4. The number of benzene rings is 1. The first kappa shape index (κ1) is 17.2. The Morgan fingerprint density at radius 3 is 2.52 bits per heavy atom. The molecule has 0 amide bonds. The second kappa shape index (κ2) is 6.19. The van der Waals surface area contributed by atoms with Crippen LogP contribution in [-0.4, -0.2) is 51.1 Å². The van der Waals surface area contributed by atoms with Gasteiger partial charge in [0.25, 0.3) is 0 Å². The van der Waals surface area contributed by atoms with Crippen LogP contribution in [0.5, 0.6) is 0 Å². The van der Waals surface area contributed by atoms with E-state index in [-0.39, 0.29) is 15.7 Å². The molecule has 3 heterocycles. The van der Waals surface area contributed by atoms with E-state index >= 15 is 0 Å². The van der Waals surface area contributed by atoms with Crippen LogP contribution in [0.15, 0.2) is 46.0 Å². The minimum Gasteiger partial charge on any atom is -0.293 e. The van der Waals surface area contributed by atoms with Gasteiger partial charge in [0.1, 0.15) is 4.21 Å². The molecule has 0 saturated carbocycles. The van der Waals surface area contributed by atoms with Gasteiger partial charge in [-0.3, -0.25) is 4.90 Å². The molecule has 0 aliphatic carbocycles. The molecule has 0 spiro atoms. The van der Waals surface area contributed by atoms with Crippen molar-refractivity contribution in [1.82, 2.24) is 4.90 Å². The fourth-order valence-corrected chi connectivity index (χ4v) is 9.86. The molecular formula is C17H19NO4S3. The zero-order chi connectivity index (χ0) is 17.7. The first-order valence-electron chi connectivity index (χ1n) is 8.15. The molecule has 2 aliphatic rings. The number of hydrogen-bond acceptors (Lipinski definition) is 6. The average Bonchev–Trinajstić information content (AvgIpc) is 3.22. The van der Waals surface area contributed by atoms with E-state index in [1.165, 1.54) is 5.56 Å². The molecule has 1 aromatic carbocycles. The second-order valence-electron chi connectivity index (χ2n) is 6.65. The topological polar surface area (TPSA) is 71.5 Å². The van der Waals surface area contributed by atoms with Crippen LogP contribution in [0.3, 0.4) is 0 Å². The van der Waals surface area contributed by atoms with Gasteiger partial charge in [-0.15, -0.1) is 11.3 Å². The molecule has 0 radical (unpaired) electrons. The predicted molar refractivity (Wildman–Crippen MR) is 98.3 cm³/mol. The van der Waals surface area contributed by atoms with Gasteiger partial charge in [-0.1, -0.05) is 30.3 Å². The van der Waals surface area contributed by atoms with Gasteiger partial charge < -0.3 is 0 Å². The molecule has 1 saturated heterocycles. The van der Waals surface area contributed by atoms with Gasteiger partial charge in [-0.2, -0.15) is 0 Å². The summed E-state index contributed by atoms with van der Waals surface area (Å²) in [5, 5.41) is 0.823. The van der Waals surface area contributed by atoms with E-state index in [1.54, 1.807) is 17.5 Å². The summed E-state index contributed by atoms with van der Waals surface area (Å²) in [7, 11) is -7.01. The Bertz CT molecular complexity index is 981. The van der Waals surface area contributed by atoms with Crippen molar-refractivity contribution in [1.29, 1.82) is 0 Å². The van der Waals surface area contributed by atoms with E-state index < -0.39 is 31.0 Å². The quantitative estimate of drug-likeness (QED) is 0.789. The lowest BCUT2D eigenvalue weighted by molar-refractivity contribution is 0.195. The molecule has 2 aromatic rings. The number of fused-ring (bicyclic) bond motifs is 1. The van der Waals surface area contributed by atoms with Crippen LogP contribution in [0, 0.1) is 0 Å². The van der Waals surface area contributed by atoms with Crippen molar-refractivity contribution in [3.8, 4) is 0 Å². The maximum Gasteiger partial charge on any atom is 0.193 e. The number of hydrogen-bond donors (Lipinski definition) is 0. The lowest BCUT2D eigenvalue weighted by Crippen LogP contribution is -2.48. The summed E-state index contributed by atoms with van der Waals surface area (Å²) < 4.78 is 50.8. The monoisotopic (exact) mass is 397 g/mol. The van der Waals surface area contributed by atoms with Crippen LogP contribution >= 0.6 is 11.3 Å². The SMILES string of the molecule is O=S1(=O)C[C@H](N2CCc3ccccc3C2)[C@@H](S(=O)(=O)c2cccs2)C1. The Morgan fingerprint density at radius 2 is 1.80 bits per heavy atom. The highest BCUT2D eigenvalue weighted by molar-refractivity contribution is 7.97. The van der Waals surface area contributed by atoms with Crippen LogP contribution in [0.25, 0.3) is 0 Å².